The molecule has 0 bridgehead atoms. The van der Waals surface area contributed by atoms with Crippen LogP contribution in [-0.2, 0) is 13.5 Å². The van der Waals surface area contributed by atoms with Crippen molar-refractivity contribution in [3.8, 4) is 0 Å². The first kappa shape index (κ1) is 13.3. The Balaban J connectivity index is 2.80. The first-order valence-electron chi connectivity index (χ1n) is 5.99. The summed E-state index contributed by atoms with van der Waals surface area (Å²) < 4.78 is 2.69. The van der Waals surface area contributed by atoms with Gasteiger partial charge in [0, 0.05) is 22.5 Å². The number of nitrogens with zero attached hydrogens (tertiary/aromatic N) is 1. The van der Waals surface area contributed by atoms with E-state index in [0.29, 0.717) is 0 Å². The molecule has 0 atom stereocenters. The first-order chi connectivity index (χ1) is 8.57. The Kier molecular flexibility index (Phi) is 3.88. The number of benzene rings is 1. The minimum absolute atomic E-state index is 0.0992. The molecular weight excluding hydrogens is 292 g/mol. The van der Waals surface area contributed by atoms with E-state index in [2.05, 4.69) is 27.3 Å². The lowest BCUT2D eigenvalue weighted by atomic mass is 10.0. The second-order valence-electron chi connectivity index (χ2n) is 4.46. The zero-order chi connectivity index (χ0) is 13.3. The maximum absolute atomic E-state index is 12.4. The third-order valence-corrected chi connectivity index (χ3v) is 4.01. The highest BCUT2D eigenvalue weighted by atomic mass is 79.9. The van der Waals surface area contributed by atoms with Crippen LogP contribution in [0.25, 0.3) is 10.9 Å². The highest BCUT2D eigenvalue weighted by molar-refractivity contribution is 9.10. The van der Waals surface area contributed by atoms with Gasteiger partial charge < -0.3 is 9.88 Å². The average molecular weight is 309 g/mol. The van der Waals surface area contributed by atoms with Crippen LogP contribution < -0.4 is 10.9 Å². The fourth-order valence-corrected chi connectivity index (χ4v) is 2.96. The van der Waals surface area contributed by atoms with Crippen LogP contribution in [0.15, 0.2) is 27.5 Å². The number of fused-ring (bicyclic) bond motifs is 1. The molecule has 0 saturated heterocycles. The van der Waals surface area contributed by atoms with Crippen molar-refractivity contribution >= 4 is 26.8 Å². The van der Waals surface area contributed by atoms with Gasteiger partial charge in [-0.15, -0.1) is 0 Å². The number of aryl methyl sites for hydroxylation is 2. The van der Waals surface area contributed by atoms with Crippen LogP contribution in [0.5, 0.6) is 0 Å². The average Bonchev–Trinajstić information content (AvgIpc) is 2.36. The minimum Gasteiger partial charge on any atom is -0.319 e. The van der Waals surface area contributed by atoms with Crippen molar-refractivity contribution in [3.05, 3.63) is 44.2 Å². The van der Waals surface area contributed by atoms with Gasteiger partial charge in [0.1, 0.15) is 0 Å². The zero-order valence-corrected chi connectivity index (χ0v) is 12.5. The van der Waals surface area contributed by atoms with Gasteiger partial charge >= 0.3 is 0 Å². The van der Waals surface area contributed by atoms with E-state index in [-0.39, 0.29) is 5.56 Å². The van der Waals surface area contributed by atoms with Crippen LogP contribution in [0.4, 0.5) is 0 Å². The maximum atomic E-state index is 12.4. The van der Waals surface area contributed by atoms with Gasteiger partial charge in [0.05, 0.1) is 5.52 Å². The molecule has 1 N–H and O–H groups in total. The Hall–Kier alpha value is -1.13. The molecule has 0 amide bonds. The number of aromatic nitrogens is 1. The van der Waals surface area contributed by atoms with Crippen LogP contribution in [0.2, 0.25) is 0 Å². The number of hydrogen-bond donors (Lipinski definition) is 1. The molecule has 2 rings (SSSR count). The molecule has 0 spiro atoms. The second kappa shape index (κ2) is 5.24. The quantitative estimate of drug-likeness (QED) is 0.944. The van der Waals surface area contributed by atoms with Crippen LogP contribution in [-0.4, -0.2) is 18.2 Å². The van der Waals surface area contributed by atoms with E-state index >= 15 is 0 Å². The van der Waals surface area contributed by atoms with Crippen LogP contribution in [0, 0.1) is 6.92 Å². The van der Waals surface area contributed by atoms with E-state index < -0.39 is 0 Å². The van der Waals surface area contributed by atoms with E-state index in [0.717, 1.165) is 39.5 Å². The fraction of sp³-hybridized carbons (Fsp3) is 0.357. The number of pyridine rings is 1. The molecule has 18 heavy (non-hydrogen) atoms. The Morgan fingerprint density at radius 2 is 2.11 bits per heavy atom. The molecule has 3 nitrogen and oxygen atoms in total. The monoisotopic (exact) mass is 308 g/mol. The van der Waals surface area contributed by atoms with E-state index in [1.807, 2.05) is 33.2 Å². The lowest BCUT2D eigenvalue weighted by molar-refractivity contribution is 0.768. The first-order valence-corrected chi connectivity index (χ1v) is 6.78. The lowest BCUT2D eigenvalue weighted by Gasteiger charge is -2.14. The molecule has 1 heterocycles. The Labute approximate surface area is 115 Å². The van der Waals surface area contributed by atoms with Crippen LogP contribution in [0.3, 0.4) is 0 Å². The van der Waals surface area contributed by atoms with E-state index in [9.17, 15) is 4.79 Å². The molecule has 0 fully saturated rings. The highest BCUT2D eigenvalue weighted by Gasteiger charge is 2.13. The molecule has 0 unspecified atom stereocenters. The summed E-state index contributed by atoms with van der Waals surface area (Å²) in [5.74, 6) is 0. The van der Waals surface area contributed by atoms with Crippen molar-refractivity contribution in [3.63, 3.8) is 0 Å². The number of likely N-dealkylation sites (N-methyl/N-ethyl adjacent to an activating group) is 1. The van der Waals surface area contributed by atoms with Gasteiger partial charge in [0.15, 0.2) is 0 Å². The summed E-state index contributed by atoms with van der Waals surface area (Å²) in [6.07, 6.45) is 0.761. The van der Waals surface area contributed by atoms with Crippen LogP contribution in [0.1, 0.15) is 11.1 Å². The lowest BCUT2D eigenvalue weighted by Crippen LogP contribution is -2.25. The van der Waals surface area contributed by atoms with Crippen molar-refractivity contribution in [1.29, 1.82) is 0 Å². The maximum Gasteiger partial charge on any atom is 0.254 e. The summed E-state index contributed by atoms with van der Waals surface area (Å²) in [6, 6.07) is 6.04. The molecule has 0 aliphatic heterocycles. The standard InChI is InChI=1S/C14H17BrN2O/c1-9-10-5-4-6-12(15)13(10)17(3)14(18)11(9)7-8-16-2/h4-6,16H,7-8H2,1-3H3. The summed E-state index contributed by atoms with van der Waals surface area (Å²) in [5.41, 5.74) is 3.05. The van der Waals surface area contributed by atoms with E-state index in [1.165, 1.54) is 0 Å². The van der Waals surface area contributed by atoms with E-state index in [4.69, 9.17) is 0 Å². The third kappa shape index (κ3) is 2.10. The predicted octanol–water partition coefficient (Wildman–Crippen LogP) is 2.37. The molecular formula is C14H17BrN2O. The molecule has 1 aromatic heterocycles. The summed E-state index contributed by atoms with van der Waals surface area (Å²) in [4.78, 5) is 12.4. The molecule has 2 aromatic rings. The molecule has 4 heteroatoms. The molecule has 0 aliphatic carbocycles. The van der Waals surface area contributed by atoms with E-state index in [1.54, 1.807) is 4.57 Å². The summed E-state index contributed by atoms with van der Waals surface area (Å²) in [7, 11) is 3.73. The van der Waals surface area contributed by atoms with Gasteiger partial charge in [-0.2, -0.15) is 0 Å². The van der Waals surface area contributed by atoms with Gasteiger partial charge in [-0.05, 0) is 54.5 Å². The van der Waals surface area contributed by atoms with Gasteiger partial charge in [-0.3, -0.25) is 4.79 Å². The Morgan fingerprint density at radius 3 is 2.78 bits per heavy atom. The summed E-state index contributed by atoms with van der Waals surface area (Å²) in [6.45, 7) is 2.84. The summed E-state index contributed by atoms with van der Waals surface area (Å²) in [5, 5.41) is 4.23. The topological polar surface area (TPSA) is 34.0 Å². The fourth-order valence-electron chi connectivity index (χ4n) is 2.33. The smallest absolute Gasteiger partial charge is 0.254 e. The Bertz CT molecular complexity index is 646. The van der Waals surface area contributed by atoms with Gasteiger partial charge in [-0.25, -0.2) is 0 Å². The number of rotatable bonds is 3. The predicted molar refractivity (Wildman–Crippen MR) is 79.3 cm³/mol. The van der Waals surface area contributed by atoms with Crippen molar-refractivity contribution in [2.45, 2.75) is 13.3 Å². The largest absolute Gasteiger partial charge is 0.319 e. The van der Waals surface area contributed by atoms with Crippen molar-refractivity contribution in [2.24, 2.45) is 7.05 Å². The van der Waals surface area contributed by atoms with Crippen molar-refractivity contribution in [1.82, 2.24) is 9.88 Å². The number of para-hydroxylation sites is 1. The third-order valence-electron chi connectivity index (χ3n) is 3.37. The molecule has 0 aliphatic rings. The van der Waals surface area contributed by atoms with Gasteiger partial charge in [-0.1, -0.05) is 12.1 Å². The van der Waals surface area contributed by atoms with Crippen molar-refractivity contribution in [2.75, 3.05) is 13.6 Å². The zero-order valence-electron chi connectivity index (χ0n) is 10.9. The Morgan fingerprint density at radius 1 is 1.39 bits per heavy atom. The normalized spacial score (nSPS) is 11.1. The highest BCUT2D eigenvalue weighted by Crippen LogP contribution is 2.25. The van der Waals surface area contributed by atoms with Gasteiger partial charge in [0.2, 0.25) is 0 Å². The molecule has 0 saturated carbocycles. The van der Waals surface area contributed by atoms with Gasteiger partial charge in [0.25, 0.3) is 5.56 Å². The summed E-state index contributed by atoms with van der Waals surface area (Å²) >= 11 is 3.52. The number of halogens is 1. The minimum atomic E-state index is 0.0992. The van der Waals surface area contributed by atoms with Crippen molar-refractivity contribution < 1.29 is 0 Å². The molecule has 96 valence electrons. The molecule has 0 radical (unpaired) electrons. The molecule has 1 aromatic carbocycles. The van der Waals surface area contributed by atoms with Crippen LogP contribution >= 0.6 is 15.9 Å². The number of hydrogen-bond acceptors (Lipinski definition) is 2. The number of nitrogens with one attached hydrogen (secondary N) is 1. The SMILES string of the molecule is CNCCc1c(C)c2cccc(Br)c2n(C)c1=O. The second-order valence-corrected chi connectivity index (χ2v) is 5.31.